The molecule has 1 aromatic rings. The van der Waals surface area contributed by atoms with E-state index in [0.29, 0.717) is 25.7 Å². The van der Waals surface area contributed by atoms with Crippen molar-refractivity contribution in [2.75, 3.05) is 19.8 Å². The lowest BCUT2D eigenvalue weighted by Crippen LogP contribution is -2.46. The summed E-state index contributed by atoms with van der Waals surface area (Å²) in [4.78, 5) is 22.2. The normalized spacial score (nSPS) is 24.9. The molecule has 1 saturated heterocycles. The number of nitrogens with zero attached hydrogens (tertiary/aromatic N) is 2. The topological polar surface area (TPSA) is 58.2 Å². The van der Waals surface area contributed by atoms with Gasteiger partial charge in [0.15, 0.2) is 0 Å². The van der Waals surface area contributed by atoms with E-state index in [0.717, 1.165) is 24.4 Å². The molecular weight excluding hydrogens is 242 g/mol. The molecule has 0 unspecified atom stereocenters. The van der Waals surface area contributed by atoms with Gasteiger partial charge in [0.05, 0.1) is 13.2 Å². The average molecular weight is 263 g/mol. The SMILES string of the molecule is Cc1cnc([C@H]2COCCN2C(=O)C2CCCC2)[nH]1. The number of aromatic nitrogens is 2. The van der Waals surface area contributed by atoms with E-state index in [2.05, 4.69) is 9.97 Å². The maximum Gasteiger partial charge on any atom is 0.226 e. The molecule has 1 N–H and O–H groups in total. The molecule has 2 fully saturated rings. The van der Waals surface area contributed by atoms with Crippen LogP contribution in [0.5, 0.6) is 0 Å². The highest BCUT2D eigenvalue weighted by molar-refractivity contribution is 5.79. The van der Waals surface area contributed by atoms with Crippen LogP contribution in [0.15, 0.2) is 6.20 Å². The zero-order chi connectivity index (χ0) is 13.2. The lowest BCUT2D eigenvalue weighted by Gasteiger charge is -2.36. The fourth-order valence-electron chi connectivity index (χ4n) is 3.10. The van der Waals surface area contributed by atoms with Gasteiger partial charge in [-0.15, -0.1) is 0 Å². The van der Waals surface area contributed by atoms with Crippen LogP contribution in [0.2, 0.25) is 0 Å². The summed E-state index contributed by atoms with van der Waals surface area (Å²) in [7, 11) is 0. The van der Waals surface area contributed by atoms with Gasteiger partial charge in [-0.1, -0.05) is 12.8 Å². The van der Waals surface area contributed by atoms with Gasteiger partial charge in [-0.3, -0.25) is 4.79 Å². The van der Waals surface area contributed by atoms with Gasteiger partial charge in [-0.25, -0.2) is 4.98 Å². The highest BCUT2D eigenvalue weighted by Crippen LogP contribution is 2.30. The van der Waals surface area contributed by atoms with Crippen LogP contribution in [-0.4, -0.2) is 40.5 Å². The molecule has 0 aromatic carbocycles. The first kappa shape index (κ1) is 12.7. The number of carbonyl (C=O) groups is 1. The van der Waals surface area contributed by atoms with Crippen LogP contribution in [0.4, 0.5) is 0 Å². The zero-order valence-electron chi connectivity index (χ0n) is 11.4. The fraction of sp³-hybridized carbons (Fsp3) is 0.714. The number of H-pyrrole nitrogens is 1. The predicted molar refractivity (Wildman–Crippen MR) is 70.6 cm³/mol. The van der Waals surface area contributed by atoms with Crippen molar-refractivity contribution in [1.82, 2.24) is 14.9 Å². The smallest absolute Gasteiger partial charge is 0.226 e. The summed E-state index contributed by atoms with van der Waals surface area (Å²) in [5, 5.41) is 0. The molecule has 0 bridgehead atoms. The van der Waals surface area contributed by atoms with E-state index < -0.39 is 0 Å². The van der Waals surface area contributed by atoms with Crippen molar-refractivity contribution in [1.29, 1.82) is 0 Å². The molecule has 3 rings (SSSR count). The first-order chi connectivity index (χ1) is 9.25. The highest BCUT2D eigenvalue weighted by Gasteiger charge is 2.35. The Morgan fingerprint density at radius 1 is 1.47 bits per heavy atom. The molecule has 1 aliphatic heterocycles. The lowest BCUT2D eigenvalue weighted by atomic mass is 10.0. The fourth-order valence-corrected chi connectivity index (χ4v) is 3.10. The molecule has 104 valence electrons. The molecule has 19 heavy (non-hydrogen) atoms. The molecular formula is C14H21N3O2. The Kier molecular flexibility index (Phi) is 3.55. The van der Waals surface area contributed by atoms with E-state index in [4.69, 9.17) is 4.74 Å². The van der Waals surface area contributed by atoms with Gasteiger partial charge in [0.1, 0.15) is 11.9 Å². The van der Waals surface area contributed by atoms with Gasteiger partial charge in [-0.2, -0.15) is 0 Å². The average Bonchev–Trinajstić information content (AvgIpc) is 3.09. The van der Waals surface area contributed by atoms with Crippen LogP contribution >= 0.6 is 0 Å². The minimum atomic E-state index is -0.0458. The third-order valence-electron chi connectivity index (χ3n) is 4.15. The monoisotopic (exact) mass is 263 g/mol. The molecule has 0 spiro atoms. The second-order valence-corrected chi connectivity index (χ2v) is 5.56. The summed E-state index contributed by atoms with van der Waals surface area (Å²) in [6.45, 7) is 3.84. The van der Waals surface area contributed by atoms with Crippen LogP contribution in [0, 0.1) is 12.8 Å². The van der Waals surface area contributed by atoms with E-state index in [1.807, 2.05) is 18.0 Å². The van der Waals surface area contributed by atoms with Gasteiger partial charge in [0.2, 0.25) is 5.91 Å². The number of rotatable bonds is 2. The first-order valence-corrected chi connectivity index (χ1v) is 7.15. The Balaban J connectivity index is 1.78. The third kappa shape index (κ3) is 2.52. The Morgan fingerprint density at radius 3 is 2.95 bits per heavy atom. The highest BCUT2D eigenvalue weighted by atomic mass is 16.5. The summed E-state index contributed by atoms with van der Waals surface area (Å²) < 4.78 is 5.53. The summed E-state index contributed by atoms with van der Waals surface area (Å²) in [6, 6.07) is -0.0458. The van der Waals surface area contributed by atoms with Gasteiger partial charge in [0.25, 0.3) is 0 Å². The molecule has 0 radical (unpaired) electrons. The van der Waals surface area contributed by atoms with Crippen molar-refractivity contribution in [3.8, 4) is 0 Å². The number of hydrogen-bond acceptors (Lipinski definition) is 3. The maximum atomic E-state index is 12.6. The summed E-state index contributed by atoms with van der Waals surface area (Å²) >= 11 is 0. The molecule has 2 aliphatic rings. The molecule has 1 saturated carbocycles. The number of hydrogen-bond donors (Lipinski definition) is 1. The van der Waals surface area contributed by atoms with Gasteiger partial charge in [0, 0.05) is 24.4 Å². The second kappa shape index (κ2) is 5.33. The van der Waals surface area contributed by atoms with E-state index in [1.165, 1.54) is 12.8 Å². The summed E-state index contributed by atoms with van der Waals surface area (Å²) in [6.07, 6.45) is 6.26. The standard InChI is InChI=1S/C14H21N3O2/c1-10-8-15-13(16-10)12-9-19-7-6-17(12)14(18)11-4-2-3-5-11/h8,11-12H,2-7,9H2,1H3,(H,15,16)/t12-/m1/s1. The number of imidazole rings is 1. The molecule has 2 heterocycles. The molecule has 1 atom stereocenters. The van der Waals surface area contributed by atoms with Crippen molar-refractivity contribution < 1.29 is 9.53 Å². The number of morpholine rings is 1. The number of ether oxygens (including phenoxy) is 1. The third-order valence-corrected chi connectivity index (χ3v) is 4.15. The van der Waals surface area contributed by atoms with Crippen molar-refractivity contribution in [3.63, 3.8) is 0 Å². The van der Waals surface area contributed by atoms with E-state index in [9.17, 15) is 4.79 Å². The van der Waals surface area contributed by atoms with Crippen LogP contribution < -0.4 is 0 Å². The van der Waals surface area contributed by atoms with Crippen molar-refractivity contribution >= 4 is 5.91 Å². The van der Waals surface area contributed by atoms with Crippen LogP contribution in [0.25, 0.3) is 0 Å². The largest absolute Gasteiger partial charge is 0.377 e. The van der Waals surface area contributed by atoms with Crippen molar-refractivity contribution in [2.45, 2.75) is 38.6 Å². The molecule has 5 nitrogen and oxygen atoms in total. The van der Waals surface area contributed by atoms with Crippen LogP contribution in [0.1, 0.15) is 43.2 Å². The number of aryl methyl sites for hydroxylation is 1. The van der Waals surface area contributed by atoms with Gasteiger partial charge < -0.3 is 14.6 Å². The second-order valence-electron chi connectivity index (χ2n) is 5.56. The lowest BCUT2D eigenvalue weighted by molar-refractivity contribution is -0.144. The number of amides is 1. The number of nitrogens with one attached hydrogen (secondary N) is 1. The minimum absolute atomic E-state index is 0.0458. The predicted octanol–water partition coefficient (Wildman–Crippen LogP) is 1.81. The van der Waals surface area contributed by atoms with Crippen molar-refractivity contribution in [3.05, 3.63) is 17.7 Å². The molecule has 1 aromatic heterocycles. The number of carbonyl (C=O) groups excluding carboxylic acids is 1. The minimum Gasteiger partial charge on any atom is -0.377 e. The van der Waals surface area contributed by atoms with Crippen LogP contribution in [0.3, 0.4) is 0 Å². The quantitative estimate of drug-likeness (QED) is 0.885. The van der Waals surface area contributed by atoms with E-state index in [-0.39, 0.29) is 12.0 Å². The Hall–Kier alpha value is -1.36. The molecule has 1 amide bonds. The maximum absolute atomic E-state index is 12.6. The summed E-state index contributed by atoms with van der Waals surface area (Å²) in [5.74, 6) is 1.36. The zero-order valence-corrected chi connectivity index (χ0v) is 11.4. The van der Waals surface area contributed by atoms with E-state index in [1.54, 1.807) is 0 Å². The molecule has 5 heteroatoms. The Labute approximate surface area is 113 Å². The van der Waals surface area contributed by atoms with Gasteiger partial charge >= 0.3 is 0 Å². The van der Waals surface area contributed by atoms with E-state index >= 15 is 0 Å². The van der Waals surface area contributed by atoms with Gasteiger partial charge in [-0.05, 0) is 19.8 Å². The first-order valence-electron chi connectivity index (χ1n) is 7.15. The Bertz CT molecular complexity index is 451. The Morgan fingerprint density at radius 2 is 2.26 bits per heavy atom. The van der Waals surface area contributed by atoms with Crippen LogP contribution in [-0.2, 0) is 9.53 Å². The summed E-state index contributed by atoms with van der Waals surface area (Å²) in [5.41, 5.74) is 1.02. The van der Waals surface area contributed by atoms with Crippen molar-refractivity contribution in [2.24, 2.45) is 5.92 Å². The molecule has 1 aliphatic carbocycles. The number of aromatic amines is 1.